The van der Waals surface area contributed by atoms with Gasteiger partial charge in [-0.15, -0.1) is 0 Å². The van der Waals surface area contributed by atoms with Crippen molar-refractivity contribution < 1.29 is 4.79 Å². The highest BCUT2D eigenvalue weighted by molar-refractivity contribution is 5.81. The SMILES string of the molecule is CC(C)(C)N1C(=O)CC(N)C1c1cncn1C1CC1. The Balaban J connectivity index is 2.00. The third-order valence-corrected chi connectivity index (χ3v) is 4.02. The molecule has 1 aromatic heterocycles. The van der Waals surface area contributed by atoms with Gasteiger partial charge in [0.15, 0.2) is 0 Å². The quantitative estimate of drug-likeness (QED) is 0.880. The maximum atomic E-state index is 12.3. The number of carbonyl (C=O) groups is 1. The van der Waals surface area contributed by atoms with Gasteiger partial charge >= 0.3 is 0 Å². The fraction of sp³-hybridized carbons (Fsp3) is 0.714. The van der Waals surface area contributed by atoms with Crippen LogP contribution in [0.5, 0.6) is 0 Å². The number of hydrogen-bond acceptors (Lipinski definition) is 3. The van der Waals surface area contributed by atoms with Gasteiger partial charge in [0.25, 0.3) is 0 Å². The molecule has 0 aromatic carbocycles. The number of aromatic nitrogens is 2. The molecule has 0 bridgehead atoms. The third kappa shape index (κ3) is 2.06. The lowest BCUT2D eigenvalue weighted by Crippen LogP contribution is -2.46. The number of amides is 1. The highest BCUT2D eigenvalue weighted by atomic mass is 16.2. The number of hydrogen-bond donors (Lipinski definition) is 1. The van der Waals surface area contributed by atoms with Crippen LogP contribution in [0.25, 0.3) is 0 Å². The van der Waals surface area contributed by atoms with E-state index in [2.05, 4.69) is 30.3 Å². The van der Waals surface area contributed by atoms with Crippen LogP contribution in [0.1, 0.15) is 57.8 Å². The maximum absolute atomic E-state index is 12.3. The molecule has 0 spiro atoms. The highest BCUT2D eigenvalue weighted by Gasteiger charge is 2.46. The Bertz CT molecular complexity index is 498. The van der Waals surface area contributed by atoms with Crippen molar-refractivity contribution in [1.29, 1.82) is 0 Å². The molecule has 0 radical (unpaired) electrons. The summed E-state index contributed by atoms with van der Waals surface area (Å²) in [6.07, 6.45) is 6.59. The summed E-state index contributed by atoms with van der Waals surface area (Å²) < 4.78 is 2.21. The standard InChI is InChI=1S/C14H22N4O/c1-14(2,3)18-12(19)6-10(15)13(18)11-7-16-8-17(11)9-4-5-9/h7-10,13H,4-6,15H2,1-3H3. The molecule has 19 heavy (non-hydrogen) atoms. The highest BCUT2D eigenvalue weighted by Crippen LogP contribution is 2.42. The molecule has 5 nitrogen and oxygen atoms in total. The van der Waals surface area contributed by atoms with Crippen LogP contribution in [0, 0.1) is 0 Å². The second-order valence-corrected chi connectivity index (χ2v) is 6.70. The molecular formula is C14H22N4O. The molecule has 2 aliphatic rings. The minimum Gasteiger partial charge on any atom is -0.330 e. The van der Waals surface area contributed by atoms with Gasteiger partial charge in [-0.2, -0.15) is 0 Å². The van der Waals surface area contributed by atoms with Crippen LogP contribution in [0.4, 0.5) is 0 Å². The molecule has 1 saturated carbocycles. The molecule has 2 N–H and O–H groups in total. The lowest BCUT2D eigenvalue weighted by atomic mass is 10.0. The Morgan fingerprint density at radius 2 is 2.05 bits per heavy atom. The smallest absolute Gasteiger partial charge is 0.225 e. The number of rotatable bonds is 2. The Morgan fingerprint density at radius 3 is 2.63 bits per heavy atom. The zero-order valence-corrected chi connectivity index (χ0v) is 11.8. The fourth-order valence-corrected chi connectivity index (χ4v) is 3.10. The molecule has 1 aliphatic heterocycles. The first-order valence-corrected chi connectivity index (χ1v) is 6.99. The number of carbonyl (C=O) groups excluding carboxylic acids is 1. The largest absolute Gasteiger partial charge is 0.330 e. The lowest BCUT2D eigenvalue weighted by Gasteiger charge is -2.38. The lowest BCUT2D eigenvalue weighted by molar-refractivity contribution is -0.133. The summed E-state index contributed by atoms with van der Waals surface area (Å²) in [6.45, 7) is 6.19. The molecule has 2 fully saturated rings. The van der Waals surface area contributed by atoms with E-state index in [1.165, 1.54) is 12.8 Å². The van der Waals surface area contributed by atoms with Crippen LogP contribution >= 0.6 is 0 Å². The van der Waals surface area contributed by atoms with Crippen LogP contribution in [0.2, 0.25) is 0 Å². The third-order valence-electron chi connectivity index (χ3n) is 4.02. The number of nitrogens with two attached hydrogens (primary N) is 1. The van der Waals surface area contributed by atoms with Gasteiger partial charge in [-0.3, -0.25) is 4.79 Å². The molecule has 1 aliphatic carbocycles. The molecule has 104 valence electrons. The van der Waals surface area contributed by atoms with Crippen molar-refractivity contribution in [3.8, 4) is 0 Å². The molecule has 1 aromatic rings. The molecule has 2 unspecified atom stereocenters. The Labute approximate surface area is 113 Å². The van der Waals surface area contributed by atoms with Crippen molar-refractivity contribution in [3.05, 3.63) is 18.2 Å². The van der Waals surface area contributed by atoms with Crippen molar-refractivity contribution in [2.24, 2.45) is 5.73 Å². The molecule has 1 saturated heterocycles. The van der Waals surface area contributed by atoms with Crippen molar-refractivity contribution in [1.82, 2.24) is 14.5 Å². The summed E-state index contributed by atoms with van der Waals surface area (Å²) in [4.78, 5) is 18.5. The van der Waals surface area contributed by atoms with E-state index in [1.54, 1.807) is 0 Å². The van der Waals surface area contributed by atoms with Gasteiger partial charge in [-0.25, -0.2) is 4.98 Å². The molecule has 3 rings (SSSR count). The number of likely N-dealkylation sites (tertiary alicyclic amines) is 1. The second kappa shape index (κ2) is 4.07. The summed E-state index contributed by atoms with van der Waals surface area (Å²) >= 11 is 0. The van der Waals surface area contributed by atoms with Crippen LogP contribution in [-0.2, 0) is 4.79 Å². The average Bonchev–Trinajstić information content (AvgIpc) is 2.93. The topological polar surface area (TPSA) is 64.2 Å². The first-order valence-electron chi connectivity index (χ1n) is 6.99. The normalized spacial score (nSPS) is 28.2. The molecule has 1 amide bonds. The van der Waals surface area contributed by atoms with E-state index in [-0.39, 0.29) is 23.5 Å². The summed E-state index contributed by atoms with van der Waals surface area (Å²) in [5.74, 6) is 0.147. The van der Waals surface area contributed by atoms with Gasteiger partial charge in [-0.1, -0.05) is 0 Å². The number of imidazole rings is 1. The first-order chi connectivity index (χ1) is 8.89. The van der Waals surface area contributed by atoms with E-state index in [1.807, 2.05) is 17.4 Å². The first kappa shape index (κ1) is 12.7. The van der Waals surface area contributed by atoms with E-state index in [0.717, 1.165) is 5.69 Å². The second-order valence-electron chi connectivity index (χ2n) is 6.70. The molecule has 5 heteroatoms. The monoisotopic (exact) mass is 262 g/mol. The van der Waals surface area contributed by atoms with E-state index in [0.29, 0.717) is 12.5 Å². The van der Waals surface area contributed by atoms with E-state index in [9.17, 15) is 4.79 Å². The van der Waals surface area contributed by atoms with Crippen LogP contribution in [0.15, 0.2) is 12.5 Å². The van der Waals surface area contributed by atoms with Crippen molar-refractivity contribution >= 4 is 5.91 Å². The van der Waals surface area contributed by atoms with E-state index >= 15 is 0 Å². The molecule has 2 heterocycles. The Hall–Kier alpha value is -1.36. The Kier molecular flexibility index (Phi) is 2.71. The van der Waals surface area contributed by atoms with Crippen LogP contribution in [-0.4, -0.2) is 31.9 Å². The van der Waals surface area contributed by atoms with Gasteiger partial charge in [0.05, 0.1) is 24.3 Å². The summed E-state index contributed by atoms with van der Waals surface area (Å²) in [6, 6.07) is 0.374. The van der Waals surface area contributed by atoms with Gasteiger partial charge in [0.2, 0.25) is 5.91 Å². The minimum atomic E-state index is -0.214. The van der Waals surface area contributed by atoms with E-state index < -0.39 is 0 Å². The maximum Gasteiger partial charge on any atom is 0.225 e. The van der Waals surface area contributed by atoms with Crippen molar-refractivity contribution in [2.45, 2.75) is 63.7 Å². The Morgan fingerprint density at radius 1 is 1.37 bits per heavy atom. The van der Waals surface area contributed by atoms with E-state index in [4.69, 9.17) is 5.73 Å². The minimum absolute atomic E-state index is 0.0457. The molecule has 2 atom stereocenters. The summed E-state index contributed by atoms with van der Waals surface area (Å²) in [5.41, 5.74) is 7.11. The van der Waals surface area contributed by atoms with Crippen LogP contribution in [0.3, 0.4) is 0 Å². The fourth-order valence-electron chi connectivity index (χ4n) is 3.10. The van der Waals surface area contributed by atoms with Crippen LogP contribution < -0.4 is 5.73 Å². The predicted octanol–water partition coefficient (Wildman–Crippen LogP) is 1.62. The zero-order valence-electron chi connectivity index (χ0n) is 11.8. The average molecular weight is 262 g/mol. The van der Waals surface area contributed by atoms with Crippen molar-refractivity contribution in [2.75, 3.05) is 0 Å². The van der Waals surface area contributed by atoms with Gasteiger partial charge in [0.1, 0.15) is 0 Å². The summed E-state index contributed by atoms with van der Waals surface area (Å²) in [5, 5.41) is 0. The zero-order chi connectivity index (χ0) is 13.8. The predicted molar refractivity (Wildman–Crippen MR) is 72.4 cm³/mol. The summed E-state index contributed by atoms with van der Waals surface area (Å²) in [7, 11) is 0. The molecular weight excluding hydrogens is 240 g/mol. The van der Waals surface area contributed by atoms with Gasteiger partial charge in [-0.05, 0) is 33.6 Å². The van der Waals surface area contributed by atoms with Crippen molar-refractivity contribution in [3.63, 3.8) is 0 Å². The van der Waals surface area contributed by atoms with Gasteiger partial charge < -0.3 is 15.2 Å². The number of nitrogens with zero attached hydrogens (tertiary/aromatic N) is 3. The van der Waals surface area contributed by atoms with Gasteiger partial charge in [0, 0.05) is 24.0 Å².